The van der Waals surface area contributed by atoms with Gasteiger partial charge in [-0.1, -0.05) is 11.6 Å². The molecule has 0 aliphatic rings. The second-order valence-electron chi connectivity index (χ2n) is 4.09. The lowest BCUT2D eigenvalue weighted by Gasteiger charge is -2.08. The van der Waals surface area contributed by atoms with Gasteiger partial charge in [-0.2, -0.15) is 13.2 Å². The Morgan fingerprint density at radius 2 is 2.10 bits per heavy atom. The maximum Gasteiger partial charge on any atom is 0.417 e. The first-order chi connectivity index (χ1) is 9.38. The molecule has 104 valence electrons. The zero-order chi connectivity index (χ0) is 14.5. The number of imidazole rings is 1. The zero-order valence-electron chi connectivity index (χ0n) is 9.78. The van der Waals surface area contributed by atoms with Crippen molar-refractivity contribution < 1.29 is 17.6 Å². The molecule has 3 heterocycles. The van der Waals surface area contributed by atoms with Crippen molar-refractivity contribution in [1.29, 1.82) is 0 Å². The van der Waals surface area contributed by atoms with E-state index >= 15 is 0 Å². The van der Waals surface area contributed by atoms with Crippen molar-refractivity contribution in [2.75, 3.05) is 5.73 Å². The summed E-state index contributed by atoms with van der Waals surface area (Å²) in [5.41, 5.74) is 5.32. The van der Waals surface area contributed by atoms with Gasteiger partial charge in [0.25, 0.3) is 0 Å². The molecular formula is C12H7ClF3N3O. The third-order valence-electron chi connectivity index (χ3n) is 2.79. The van der Waals surface area contributed by atoms with Crippen LogP contribution in [0, 0.1) is 0 Å². The van der Waals surface area contributed by atoms with Crippen LogP contribution in [0.25, 0.3) is 17.1 Å². The van der Waals surface area contributed by atoms with E-state index in [4.69, 9.17) is 21.8 Å². The number of hydrogen-bond acceptors (Lipinski definition) is 3. The third-order valence-corrected chi connectivity index (χ3v) is 3.07. The molecule has 3 aromatic rings. The summed E-state index contributed by atoms with van der Waals surface area (Å²) < 4.78 is 44.5. The minimum atomic E-state index is -4.51. The van der Waals surface area contributed by atoms with Crippen LogP contribution in [0.4, 0.5) is 19.0 Å². The molecule has 8 heteroatoms. The molecule has 0 saturated heterocycles. The van der Waals surface area contributed by atoms with E-state index in [1.165, 1.54) is 6.26 Å². The average molecular weight is 302 g/mol. The molecule has 0 bridgehead atoms. The number of halogens is 4. The standard InChI is InChI=1S/C12H7ClF3N3O/c13-7-4-6(12(14,15)16)5-19-10(17)9(18-11(7)19)8-2-1-3-20-8/h1-5H,17H2. The third kappa shape index (κ3) is 1.90. The molecule has 0 fully saturated rings. The molecule has 0 aliphatic heterocycles. The number of fused-ring (bicyclic) bond motifs is 1. The van der Waals surface area contributed by atoms with Gasteiger partial charge in [-0.15, -0.1) is 0 Å². The summed E-state index contributed by atoms with van der Waals surface area (Å²) in [5.74, 6) is 0.388. The SMILES string of the molecule is Nc1c(-c2ccco2)nc2c(Cl)cc(C(F)(F)F)cn12. The maximum atomic E-state index is 12.8. The highest BCUT2D eigenvalue weighted by Crippen LogP contribution is 2.35. The summed E-state index contributed by atoms with van der Waals surface area (Å²) in [5, 5.41) is -0.135. The molecule has 0 amide bonds. The Hall–Kier alpha value is -2.15. The van der Waals surface area contributed by atoms with Gasteiger partial charge >= 0.3 is 6.18 Å². The zero-order valence-corrected chi connectivity index (χ0v) is 10.5. The van der Waals surface area contributed by atoms with E-state index in [0.29, 0.717) is 5.76 Å². The summed E-state index contributed by atoms with van der Waals surface area (Å²) in [6.07, 6.45) is -2.24. The van der Waals surface area contributed by atoms with Crippen LogP contribution in [0.3, 0.4) is 0 Å². The van der Waals surface area contributed by atoms with E-state index in [9.17, 15) is 13.2 Å². The molecule has 3 aromatic heterocycles. The summed E-state index contributed by atoms with van der Waals surface area (Å²) in [6, 6.07) is 4.05. The van der Waals surface area contributed by atoms with Gasteiger partial charge in [-0.3, -0.25) is 4.40 Å². The highest BCUT2D eigenvalue weighted by atomic mass is 35.5. The van der Waals surface area contributed by atoms with Crippen LogP contribution in [0.15, 0.2) is 35.1 Å². The summed E-state index contributed by atoms with van der Waals surface area (Å²) in [4.78, 5) is 4.12. The molecule has 0 radical (unpaired) electrons. The highest BCUT2D eigenvalue weighted by molar-refractivity contribution is 6.33. The van der Waals surface area contributed by atoms with E-state index in [1.54, 1.807) is 12.1 Å². The van der Waals surface area contributed by atoms with E-state index in [2.05, 4.69) is 4.98 Å². The lowest BCUT2D eigenvalue weighted by atomic mass is 10.3. The lowest BCUT2D eigenvalue weighted by molar-refractivity contribution is -0.137. The molecule has 0 atom stereocenters. The maximum absolute atomic E-state index is 12.8. The molecule has 4 nitrogen and oxygen atoms in total. The number of furan rings is 1. The Kier molecular flexibility index (Phi) is 2.68. The van der Waals surface area contributed by atoms with Gasteiger partial charge in [0.15, 0.2) is 11.4 Å². The van der Waals surface area contributed by atoms with Gasteiger partial charge in [-0.25, -0.2) is 4.98 Å². The summed E-state index contributed by atoms with van der Waals surface area (Å²) in [6.45, 7) is 0. The molecule has 0 spiro atoms. The Morgan fingerprint density at radius 3 is 2.70 bits per heavy atom. The van der Waals surface area contributed by atoms with Gasteiger partial charge < -0.3 is 10.2 Å². The molecular weight excluding hydrogens is 295 g/mol. The number of nitrogens with two attached hydrogens (primary N) is 1. The number of rotatable bonds is 1. The fourth-order valence-electron chi connectivity index (χ4n) is 1.87. The van der Waals surface area contributed by atoms with Crippen molar-refractivity contribution >= 4 is 23.1 Å². The van der Waals surface area contributed by atoms with Crippen LogP contribution in [0.1, 0.15) is 5.56 Å². The molecule has 0 unspecified atom stereocenters. The first-order valence-corrected chi connectivity index (χ1v) is 5.84. The highest BCUT2D eigenvalue weighted by Gasteiger charge is 2.32. The summed E-state index contributed by atoms with van der Waals surface area (Å²) in [7, 11) is 0. The van der Waals surface area contributed by atoms with Gasteiger partial charge in [0.2, 0.25) is 0 Å². The second-order valence-corrected chi connectivity index (χ2v) is 4.50. The van der Waals surface area contributed by atoms with Crippen molar-refractivity contribution in [1.82, 2.24) is 9.38 Å². The smallest absolute Gasteiger partial charge is 0.417 e. The number of nitrogen functional groups attached to an aromatic ring is 1. The van der Waals surface area contributed by atoms with Crippen LogP contribution < -0.4 is 5.73 Å². The Bertz CT molecular complexity index is 777. The fourth-order valence-corrected chi connectivity index (χ4v) is 2.12. The van der Waals surface area contributed by atoms with Gasteiger partial charge in [0.1, 0.15) is 11.5 Å². The Balaban J connectivity index is 2.30. The predicted molar refractivity (Wildman–Crippen MR) is 67.3 cm³/mol. The van der Waals surface area contributed by atoms with E-state index < -0.39 is 11.7 Å². The molecule has 0 aliphatic carbocycles. The fraction of sp³-hybridized carbons (Fsp3) is 0.0833. The van der Waals surface area contributed by atoms with Crippen molar-refractivity contribution in [3.8, 4) is 11.5 Å². The number of pyridine rings is 1. The number of nitrogens with zero attached hydrogens (tertiary/aromatic N) is 2. The van der Waals surface area contributed by atoms with Gasteiger partial charge in [0, 0.05) is 6.20 Å². The van der Waals surface area contributed by atoms with Gasteiger partial charge in [0.05, 0.1) is 16.8 Å². The van der Waals surface area contributed by atoms with Crippen LogP contribution >= 0.6 is 11.6 Å². The molecule has 20 heavy (non-hydrogen) atoms. The number of hydrogen-bond donors (Lipinski definition) is 1. The topological polar surface area (TPSA) is 56.5 Å². The number of aromatic nitrogens is 2. The first kappa shape index (κ1) is 12.9. The monoisotopic (exact) mass is 301 g/mol. The minimum absolute atomic E-state index is 0.0305. The predicted octanol–water partition coefficient (Wildman–Crippen LogP) is 3.85. The van der Waals surface area contributed by atoms with Gasteiger partial charge in [-0.05, 0) is 18.2 Å². The Morgan fingerprint density at radius 1 is 1.35 bits per heavy atom. The normalized spacial score (nSPS) is 12.2. The van der Waals surface area contributed by atoms with Crippen LogP contribution in [0.5, 0.6) is 0 Å². The largest absolute Gasteiger partial charge is 0.463 e. The van der Waals surface area contributed by atoms with Crippen LogP contribution in [-0.2, 0) is 6.18 Å². The van der Waals surface area contributed by atoms with Crippen LogP contribution in [-0.4, -0.2) is 9.38 Å². The number of anilines is 1. The van der Waals surface area contributed by atoms with E-state index in [0.717, 1.165) is 16.7 Å². The molecule has 2 N–H and O–H groups in total. The van der Waals surface area contributed by atoms with Crippen molar-refractivity contribution in [3.05, 3.63) is 41.2 Å². The first-order valence-electron chi connectivity index (χ1n) is 5.46. The number of alkyl halides is 3. The Labute approximate surface area is 115 Å². The van der Waals surface area contributed by atoms with Crippen LogP contribution in [0.2, 0.25) is 5.02 Å². The van der Waals surface area contributed by atoms with E-state index in [1.807, 2.05) is 0 Å². The quantitative estimate of drug-likeness (QED) is 0.743. The molecule has 3 rings (SSSR count). The minimum Gasteiger partial charge on any atom is -0.463 e. The van der Waals surface area contributed by atoms with E-state index in [-0.39, 0.29) is 22.2 Å². The average Bonchev–Trinajstić information content (AvgIpc) is 2.97. The summed E-state index contributed by atoms with van der Waals surface area (Å²) >= 11 is 5.85. The lowest BCUT2D eigenvalue weighted by Crippen LogP contribution is -2.07. The van der Waals surface area contributed by atoms with Crippen molar-refractivity contribution in [2.24, 2.45) is 0 Å². The second kappa shape index (κ2) is 4.17. The van der Waals surface area contributed by atoms with Crippen molar-refractivity contribution in [2.45, 2.75) is 6.18 Å². The van der Waals surface area contributed by atoms with Crippen molar-refractivity contribution in [3.63, 3.8) is 0 Å². The molecule has 0 aromatic carbocycles. The molecule has 0 saturated carbocycles.